The average molecular weight is 367 g/mol. The van der Waals surface area contributed by atoms with Crippen LogP contribution in [0.3, 0.4) is 0 Å². The van der Waals surface area contributed by atoms with Gasteiger partial charge in [-0.1, -0.05) is 0 Å². The smallest absolute Gasteiger partial charge is 0.343 e. The summed E-state index contributed by atoms with van der Waals surface area (Å²) in [6.07, 6.45) is 0.666. The summed E-state index contributed by atoms with van der Waals surface area (Å²) in [4.78, 5) is 23.0. The molecule has 0 heterocycles. The molecule has 22 heavy (non-hydrogen) atoms. The van der Waals surface area contributed by atoms with E-state index in [-0.39, 0.29) is 17.1 Å². The van der Waals surface area contributed by atoms with Gasteiger partial charge in [-0.25, -0.2) is 9.18 Å². The van der Waals surface area contributed by atoms with Crippen LogP contribution in [0.4, 0.5) is 4.39 Å². The summed E-state index contributed by atoms with van der Waals surface area (Å²) >= 11 is 3.25. The van der Waals surface area contributed by atoms with Crippen LogP contribution in [0.25, 0.3) is 0 Å². The van der Waals surface area contributed by atoms with Gasteiger partial charge in [0.25, 0.3) is 0 Å². The van der Waals surface area contributed by atoms with Gasteiger partial charge in [0, 0.05) is 5.56 Å². The number of halogens is 2. The molecule has 0 atom stereocenters. The minimum absolute atomic E-state index is 0.168. The summed E-state index contributed by atoms with van der Waals surface area (Å²) < 4.78 is 24.0. The van der Waals surface area contributed by atoms with Crippen molar-refractivity contribution in [3.05, 3.63) is 57.8 Å². The van der Waals surface area contributed by atoms with E-state index in [0.29, 0.717) is 22.9 Å². The van der Waals surface area contributed by atoms with Crippen LogP contribution in [0.2, 0.25) is 0 Å². The molecule has 0 fully saturated rings. The molecular formula is C16H12BrFO4. The van der Waals surface area contributed by atoms with Crippen molar-refractivity contribution in [2.24, 2.45) is 0 Å². The maximum absolute atomic E-state index is 12.9. The molecule has 2 aromatic carbocycles. The molecule has 114 valence electrons. The van der Waals surface area contributed by atoms with E-state index >= 15 is 0 Å². The van der Waals surface area contributed by atoms with Crippen molar-refractivity contribution in [3.63, 3.8) is 0 Å². The Balaban J connectivity index is 2.33. The number of carbonyl (C=O) groups is 2. The van der Waals surface area contributed by atoms with Gasteiger partial charge in [-0.15, -0.1) is 0 Å². The van der Waals surface area contributed by atoms with E-state index in [4.69, 9.17) is 9.47 Å². The SMILES string of the molecule is CCOc1cc(C=O)cc(Br)c1OC(=O)c1ccc(F)cc1. The van der Waals surface area contributed by atoms with E-state index in [1.165, 1.54) is 36.4 Å². The van der Waals surface area contributed by atoms with E-state index in [0.717, 1.165) is 0 Å². The standard InChI is InChI=1S/C16H12BrFO4/c1-2-21-14-8-10(9-19)7-13(17)15(14)22-16(20)11-3-5-12(18)6-4-11/h3-9H,2H2,1H3. The van der Waals surface area contributed by atoms with Crippen LogP contribution in [0.1, 0.15) is 27.6 Å². The monoisotopic (exact) mass is 366 g/mol. The molecule has 2 aromatic rings. The second-order valence-electron chi connectivity index (χ2n) is 4.28. The van der Waals surface area contributed by atoms with E-state index in [1.807, 2.05) is 0 Å². The largest absolute Gasteiger partial charge is 0.490 e. The summed E-state index contributed by atoms with van der Waals surface area (Å²) in [6, 6.07) is 7.99. The Labute approximate surface area is 135 Å². The number of ether oxygens (including phenoxy) is 2. The molecule has 0 spiro atoms. The zero-order valence-corrected chi connectivity index (χ0v) is 13.2. The molecule has 6 heteroatoms. The van der Waals surface area contributed by atoms with Crippen LogP contribution in [0.5, 0.6) is 11.5 Å². The van der Waals surface area contributed by atoms with Crippen LogP contribution in [-0.2, 0) is 0 Å². The van der Waals surface area contributed by atoms with Gasteiger partial charge in [0.2, 0.25) is 0 Å². The van der Waals surface area contributed by atoms with Gasteiger partial charge in [0.15, 0.2) is 11.5 Å². The van der Waals surface area contributed by atoms with Crippen LogP contribution >= 0.6 is 15.9 Å². The first-order chi connectivity index (χ1) is 10.5. The number of benzene rings is 2. The second kappa shape index (κ2) is 7.17. The lowest BCUT2D eigenvalue weighted by Crippen LogP contribution is -2.10. The number of carbonyl (C=O) groups excluding carboxylic acids is 2. The van der Waals surface area contributed by atoms with E-state index < -0.39 is 11.8 Å². The fourth-order valence-electron chi connectivity index (χ4n) is 1.76. The first-order valence-electron chi connectivity index (χ1n) is 6.44. The number of aldehydes is 1. The van der Waals surface area contributed by atoms with Crippen LogP contribution in [0, 0.1) is 5.82 Å². The molecule has 0 amide bonds. The van der Waals surface area contributed by atoms with Gasteiger partial charge in [-0.3, -0.25) is 4.79 Å². The fraction of sp³-hybridized carbons (Fsp3) is 0.125. The first kappa shape index (κ1) is 16.2. The molecule has 0 aliphatic carbocycles. The van der Waals surface area contributed by atoms with Crippen molar-refractivity contribution < 1.29 is 23.5 Å². The van der Waals surface area contributed by atoms with Crippen molar-refractivity contribution >= 4 is 28.2 Å². The highest BCUT2D eigenvalue weighted by molar-refractivity contribution is 9.10. The Bertz CT molecular complexity index is 698. The van der Waals surface area contributed by atoms with Crippen LogP contribution in [0.15, 0.2) is 40.9 Å². The Morgan fingerprint density at radius 1 is 1.27 bits per heavy atom. The zero-order chi connectivity index (χ0) is 16.1. The molecule has 2 rings (SSSR count). The quantitative estimate of drug-likeness (QED) is 0.455. The maximum atomic E-state index is 12.9. The lowest BCUT2D eigenvalue weighted by Gasteiger charge is -2.13. The van der Waals surface area contributed by atoms with Gasteiger partial charge in [-0.05, 0) is 59.3 Å². The molecule has 0 aromatic heterocycles. The topological polar surface area (TPSA) is 52.6 Å². The summed E-state index contributed by atoms with van der Waals surface area (Å²) in [5.41, 5.74) is 0.590. The van der Waals surface area contributed by atoms with Gasteiger partial charge in [-0.2, -0.15) is 0 Å². The molecule has 0 aliphatic rings. The fourth-order valence-corrected chi connectivity index (χ4v) is 2.30. The Kier molecular flexibility index (Phi) is 5.27. The third-order valence-electron chi connectivity index (χ3n) is 2.74. The molecular weight excluding hydrogens is 355 g/mol. The first-order valence-corrected chi connectivity index (χ1v) is 7.23. The summed E-state index contributed by atoms with van der Waals surface area (Å²) in [5, 5.41) is 0. The molecule has 0 bridgehead atoms. The molecule has 0 unspecified atom stereocenters. The van der Waals surface area contributed by atoms with Gasteiger partial charge < -0.3 is 9.47 Å². The van der Waals surface area contributed by atoms with Crippen molar-refractivity contribution in [2.45, 2.75) is 6.92 Å². The van der Waals surface area contributed by atoms with Crippen LogP contribution in [-0.4, -0.2) is 18.9 Å². The molecule has 0 radical (unpaired) electrons. The highest BCUT2D eigenvalue weighted by Gasteiger charge is 2.17. The van der Waals surface area contributed by atoms with Crippen molar-refractivity contribution in [2.75, 3.05) is 6.61 Å². The normalized spacial score (nSPS) is 10.1. The summed E-state index contributed by atoms with van der Waals surface area (Å²) in [6.45, 7) is 2.11. The van der Waals surface area contributed by atoms with Crippen LogP contribution < -0.4 is 9.47 Å². The third kappa shape index (κ3) is 3.71. The van der Waals surface area contributed by atoms with Crippen molar-refractivity contribution in [3.8, 4) is 11.5 Å². The predicted molar refractivity (Wildman–Crippen MR) is 82.1 cm³/mol. The van der Waals surface area contributed by atoms with Gasteiger partial charge in [0.05, 0.1) is 16.6 Å². The molecule has 0 aliphatic heterocycles. The average Bonchev–Trinajstić information content (AvgIpc) is 2.51. The highest BCUT2D eigenvalue weighted by Crippen LogP contribution is 2.37. The molecule has 0 saturated heterocycles. The second-order valence-corrected chi connectivity index (χ2v) is 5.13. The third-order valence-corrected chi connectivity index (χ3v) is 3.33. The van der Waals surface area contributed by atoms with Gasteiger partial charge in [0.1, 0.15) is 12.1 Å². The maximum Gasteiger partial charge on any atom is 0.343 e. The van der Waals surface area contributed by atoms with Gasteiger partial charge >= 0.3 is 5.97 Å². The molecule has 0 saturated carbocycles. The minimum Gasteiger partial charge on any atom is -0.490 e. The number of hydrogen-bond acceptors (Lipinski definition) is 4. The number of hydrogen-bond donors (Lipinski definition) is 0. The summed E-state index contributed by atoms with van der Waals surface area (Å²) in [7, 11) is 0. The predicted octanol–water partition coefficient (Wildman–Crippen LogP) is 4.02. The van der Waals surface area contributed by atoms with E-state index in [2.05, 4.69) is 15.9 Å². The number of rotatable bonds is 5. The Morgan fingerprint density at radius 3 is 2.55 bits per heavy atom. The Hall–Kier alpha value is -2.21. The lowest BCUT2D eigenvalue weighted by molar-refractivity contribution is 0.0727. The van der Waals surface area contributed by atoms with Crippen molar-refractivity contribution in [1.29, 1.82) is 0 Å². The van der Waals surface area contributed by atoms with E-state index in [9.17, 15) is 14.0 Å². The summed E-state index contributed by atoms with van der Waals surface area (Å²) in [5.74, 6) is -0.653. The van der Waals surface area contributed by atoms with Crippen molar-refractivity contribution in [1.82, 2.24) is 0 Å². The zero-order valence-electron chi connectivity index (χ0n) is 11.6. The highest BCUT2D eigenvalue weighted by atomic mass is 79.9. The molecule has 0 N–H and O–H groups in total. The lowest BCUT2D eigenvalue weighted by atomic mass is 10.2. The number of esters is 1. The molecule has 4 nitrogen and oxygen atoms in total. The Morgan fingerprint density at radius 2 is 1.95 bits per heavy atom. The minimum atomic E-state index is -0.652. The van der Waals surface area contributed by atoms with E-state index in [1.54, 1.807) is 6.92 Å².